The average molecular weight is 444 g/mol. The zero-order valence-corrected chi connectivity index (χ0v) is 21.4. The third-order valence-corrected chi connectivity index (χ3v) is 11.5. The third-order valence-electron chi connectivity index (χ3n) is 11.5. The molecule has 1 unspecified atom stereocenters. The summed E-state index contributed by atoms with van der Waals surface area (Å²) in [6.45, 7) is 11.5. The zero-order valence-electron chi connectivity index (χ0n) is 21.4. The molecule has 0 heterocycles. The second kappa shape index (κ2) is 8.88. The first-order chi connectivity index (χ1) is 15.0. The van der Waals surface area contributed by atoms with E-state index in [0.29, 0.717) is 23.2 Å². The van der Waals surface area contributed by atoms with Gasteiger partial charge in [0, 0.05) is 12.3 Å². The molecular formula is C29H49NO2. The summed E-state index contributed by atoms with van der Waals surface area (Å²) in [7, 11) is 0. The van der Waals surface area contributed by atoms with Gasteiger partial charge >= 0.3 is 0 Å². The summed E-state index contributed by atoms with van der Waals surface area (Å²) >= 11 is 0. The van der Waals surface area contributed by atoms with Crippen LogP contribution in [0.4, 0.5) is 0 Å². The molecular weight excluding hydrogens is 394 g/mol. The Kier molecular flexibility index (Phi) is 6.81. The summed E-state index contributed by atoms with van der Waals surface area (Å²) in [5, 5.41) is 30.2. The van der Waals surface area contributed by atoms with Crippen molar-refractivity contribution in [2.24, 2.45) is 52.3 Å². The highest BCUT2D eigenvalue weighted by atomic mass is 16.3. The number of aliphatic hydroxyl groups is 2. The Morgan fingerprint density at radius 2 is 1.62 bits per heavy atom. The molecule has 0 radical (unpaired) electrons. The molecule has 182 valence electrons. The molecule has 10 atom stereocenters. The lowest BCUT2D eigenvalue weighted by Crippen LogP contribution is -2.56. The van der Waals surface area contributed by atoms with Gasteiger partial charge in [0.05, 0.1) is 17.8 Å². The number of hydrogen-bond donors (Lipinski definition) is 2. The second-order valence-electron chi connectivity index (χ2n) is 13.6. The van der Waals surface area contributed by atoms with E-state index in [1.54, 1.807) is 0 Å². The van der Waals surface area contributed by atoms with Crippen molar-refractivity contribution in [3.63, 3.8) is 0 Å². The van der Waals surface area contributed by atoms with Crippen LogP contribution in [0.2, 0.25) is 0 Å². The molecule has 0 bridgehead atoms. The van der Waals surface area contributed by atoms with Gasteiger partial charge < -0.3 is 10.2 Å². The number of fused-ring (bicyclic) bond motifs is 5. The monoisotopic (exact) mass is 443 g/mol. The molecule has 3 heteroatoms. The predicted molar refractivity (Wildman–Crippen MR) is 130 cm³/mol. The maximum absolute atomic E-state index is 10.7. The maximum atomic E-state index is 10.7. The first kappa shape index (κ1) is 24.5. The number of nitriles is 1. The molecule has 4 aliphatic rings. The fourth-order valence-electron chi connectivity index (χ4n) is 9.92. The normalized spacial score (nSPS) is 47.1. The van der Waals surface area contributed by atoms with Gasteiger partial charge in [-0.15, -0.1) is 0 Å². The Morgan fingerprint density at radius 3 is 2.31 bits per heavy atom. The second-order valence-corrected chi connectivity index (χ2v) is 13.6. The van der Waals surface area contributed by atoms with Crippen LogP contribution in [-0.4, -0.2) is 21.9 Å². The minimum atomic E-state index is -0.537. The first-order valence-corrected chi connectivity index (χ1v) is 13.8. The van der Waals surface area contributed by atoms with Crippen molar-refractivity contribution >= 4 is 0 Å². The van der Waals surface area contributed by atoms with Crippen LogP contribution in [0.1, 0.15) is 112 Å². The van der Waals surface area contributed by atoms with Gasteiger partial charge in [-0.05, 0) is 118 Å². The molecule has 0 aliphatic heterocycles. The van der Waals surface area contributed by atoms with Gasteiger partial charge in [-0.3, -0.25) is 0 Å². The smallest absolute Gasteiger partial charge is 0.0625 e. The van der Waals surface area contributed by atoms with Crippen LogP contribution in [0.3, 0.4) is 0 Å². The number of rotatable bonds is 6. The van der Waals surface area contributed by atoms with Crippen LogP contribution in [0.5, 0.6) is 0 Å². The van der Waals surface area contributed by atoms with Crippen LogP contribution in [-0.2, 0) is 0 Å². The summed E-state index contributed by atoms with van der Waals surface area (Å²) in [4.78, 5) is 0. The third kappa shape index (κ3) is 4.17. The van der Waals surface area contributed by atoms with Crippen LogP contribution in [0, 0.1) is 63.6 Å². The molecule has 0 aromatic carbocycles. The lowest BCUT2D eigenvalue weighted by molar-refractivity contribution is -0.151. The van der Waals surface area contributed by atoms with Crippen LogP contribution in [0.15, 0.2) is 0 Å². The molecule has 4 aliphatic carbocycles. The summed E-state index contributed by atoms with van der Waals surface area (Å²) in [5.41, 5.74) is 0.269. The van der Waals surface area contributed by atoms with E-state index in [9.17, 15) is 15.5 Å². The van der Waals surface area contributed by atoms with Crippen molar-refractivity contribution in [1.82, 2.24) is 0 Å². The molecule has 0 aromatic rings. The molecule has 3 nitrogen and oxygen atoms in total. The topological polar surface area (TPSA) is 64.2 Å². The SMILES string of the molecule is C[C@H](CCCC(C)(C)O)[C@H]1CC[C@H]2[C@@H]3CC[C@H]4C(CC#N)[C@@H](O)CC[C@]4(C)[C@H]3CC[C@]12C. The van der Waals surface area contributed by atoms with Crippen molar-refractivity contribution < 1.29 is 10.2 Å². The highest BCUT2D eigenvalue weighted by Crippen LogP contribution is 2.69. The molecule has 0 aromatic heterocycles. The number of nitrogens with zero attached hydrogens (tertiary/aromatic N) is 1. The highest BCUT2D eigenvalue weighted by Gasteiger charge is 2.61. The molecule has 0 saturated heterocycles. The molecule has 2 N–H and O–H groups in total. The Bertz CT molecular complexity index is 707. The molecule has 0 amide bonds. The first-order valence-electron chi connectivity index (χ1n) is 13.8. The largest absolute Gasteiger partial charge is 0.393 e. The Balaban J connectivity index is 1.47. The Labute approximate surface area is 197 Å². The van der Waals surface area contributed by atoms with Crippen LogP contribution >= 0.6 is 0 Å². The average Bonchev–Trinajstić information content (AvgIpc) is 3.07. The molecule has 32 heavy (non-hydrogen) atoms. The lowest BCUT2D eigenvalue weighted by Gasteiger charge is -2.62. The standard InChI is InChI=1S/C29H49NO2/c1-19(7-6-15-27(2,3)32)22-10-11-23-20-8-9-24-21(14-18-30)26(31)13-17-29(24,5)25(20)12-16-28(22,23)4/h19-26,31-32H,6-17H2,1-5H3/t19-,20+,21?,22-,23+,24+,25+,26+,28-,29+/m1/s1. The fourth-order valence-corrected chi connectivity index (χ4v) is 9.92. The summed E-state index contributed by atoms with van der Waals surface area (Å²) in [6, 6.07) is 2.40. The zero-order chi connectivity index (χ0) is 23.3. The van der Waals surface area contributed by atoms with E-state index in [-0.39, 0.29) is 12.0 Å². The van der Waals surface area contributed by atoms with E-state index in [1.807, 2.05) is 13.8 Å². The lowest BCUT2D eigenvalue weighted by atomic mass is 9.43. The maximum Gasteiger partial charge on any atom is 0.0625 e. The van der Waals surface area contributed by atoms with Crippen LogP contribution < -0.4 is 0 Å². The molecule has 0 spiro atoms. The van der Waals surface area contributed by atoms with E-state index < -0.39 is 5.60 Å². The van der Waals surface area contributed by atoms with Gasteiger partial charge in [-0.2, -0.15) is 5.26 Å². The highest BCUT2D eigenvalue weighted by molar-refractivity contribution is 5.11. The van der Waals surface area contributed by atoms with E-state index in [0.717, 1.165) is 55.3 Å². The van der Waals surface area contributed by atoms with Gasteiger partial charge in [-0.25, -0.2) is 0 Å². The van der Waals surface area contributed by atoms with E-state index in [4.69, 9.17) is 0 Å². The summed E-state index contributed by atoms with van der Waals surface area (Å²) in [5.74, 6) is 4.82. The van der Waals surface area contributed by atoms with E-state index in [2.05, 4.69) is 26.8 Å². The minimum absolute atomic E-state index is 0.195. The quantitative estimate of drug-likeness (QED) is 0.479. The van der Waals surface area contributed by atoms with Gasteiger partial charge in [-0.1, -0.05) is 33.6 Å². The fraction of sp³-hybridized carbons (Fsp3) is 0.966. The van der Waals surface area contributed by atoms with Gasteiger partial charge in [0.25, 0.3) is 0 Å². The minimum Gasteiger partial charge on any atom is -0.393 e. The number of hydrogen-bond acceptors (Lipinski definition) is 3. The molecule has 4 rings (SSSR count). The Morgan fingerprint density at radius 1 is 0.969 bits per heavy atom. The van der Waals surface area contributed by atoms with Crippen molar-refractivity contribution in [3.8, 4) is 6.07 Å². The van der Waals surface area contributed by atoms with Crippen molar-refractivity contribution in [1.29, 1.82) is 5.26 Å². The summed E-state index contributed by atoms with van der Waals surface area (Å²) < 4.78 is 0. The van der Waals surface area contributed by atoms with Gasteiger partial charge in [0.15, 0.2) is 0 Å². The van der Waals surface area contributed by atoms with Crippen molar-refractivity contribution in [3.05, 3.63) is 0 Å². The van der Waals surface area contributed by atoms with E-state index >= 15 is 0 Å². The van der Waals surface area contributed by atoms with Crippen molar-refractivity contribution in [2.75, 3.05) is 0 Å². The van der Waals surface area contributed by atoms with Crippen molar-refractivity contribution in [2.45, 2.75) is 123 Å². The van der Waals surface area contributed by atoms with Gasteiger partial charge in [0.1, 0.15) is 0 Å². The van der Waals surface area contributed by atoms with E-state index in [1.165, 1.54) is 44.9 Å². The Hall–Kier alpha value is -0.590. The molecule has 4 fully saturated rings. The predicted octanol–water partition coefficient (Wildman–Crippen LogP) is 6.72. The van der Waals surface area contributed by atoms with Gasteiger partial charge in [0.2, 0.25) is 0 Å². The number of aliphatic hydroxyl groups excluding tert-OH is 1. The molecule has 4 saturated carbocycles. The summed E-state index contributed by atoms with van der Waals surface area (Å²) in [6.07, 6.45) is 13.7. The van der Waals surface area contributed by atoms with Crippen LogP contribution in [0.25, 0.3) is 0 Å².